The molecule has 0 saturated carbocycles. The Hall–Kier alpha value is -1.74. The standard InChI is InChI=1S/C22H26ClN3O3S2/c1-25(2)17-12-10-16(11-13-17)22(29-31(3,27)28)20(18-8-4-5-9-19(18)23)30-21-24-14-6-7-15-26(21)22/h4-5,8-13,20H,6-7,14-15H2,1-3H3. The van der Waals surface area contributed by atoms with Crippen LogP contribution < -0.4 is 4.90 Å². The van der Waals surface area contributed by atoms with Crippen LogP contribution in [-0.4, -0.2) is 51.9 Å². The van der Waals surface area contributed by atoms with Crippen LogP contribution in [0.25, 0.3) is 0 Å². The summed E-state index contributed by atoms with van der Waals surface area (Å²) in [6.07, 6.45) is 2.95. The van der Waals surface area contributed by atoms with Crippen LogP contribution in [0.4, 0.5) is 5.69 Å². The van der Waals surface area contributed by atoms with E-state index >= 15 is 0 Å². The number of aliphatic imine (C=N–C) groups is 1. The van der Waals surface area contributed by atoms with E-state index in [1.165, 1.54) is 11.8 Å². The first-order valence-corrected chi connectivity index (χ1v) is 13.2. The minimum absolute atomic E-state index is 0.405. The lowest BCUT2D eigenvalue weighted by Crippen LogP contribution is -2.49. The maximum atomic E-state index is 12.6. The third-order valence-electron chi connectivity index (χ3n) is 5.51. The second-order valence-corrected chi connectivity index (χ2v) is 11.0. The highest BCUT2D eigenvalue weighted by Crippen LogP contribution is 2.58. The molecule has 2 aromatic carbocycles. The van der Waals surface area contributed by atoms with Crippen molar-refractivity contribution in [3.05, 3.63) is 64.7 Å². The molecule has 166 valence electrons. The van der Waals surface area contributed by atoms with Crippen LogP contribution in [0.1, 0.15) is 29.2 Å². The van der Waals surface area contributed by atoms with E-state index in [0.29, 0.717) is 18.1 Å². The van der Waals surface area contributed by atoms with Gasteiger partial charge in [-0.05, 0) is 36.6 Å². The number of anilines is 1. The molecular formula is C22H26ClN3O3S2. The smallest absolute Gasteiger partial charge is 0.267 e. The summed E-state index contributed by atoms with van der Waals surface area (Å²) in [4.78, 5) is 8.79. The molecule has 0 bridgehead atoms. The predicted molar refractivity (Wildman–Crippen MR) is 128 cm³/mol. The average Bonchev–Trinajstić information content (AvgIpc) is 2.86. The van der Waals surface area contributed by atoms with Gasteiger partial charge >= 0.3 is 0 Å². The van der Waals surface area contributed by atoms with Gasteiger partial charge in [0.15, 0.2) is 5.17 Å². The van der Waals surface area contributed by atoms with Gasteiger partial charge in [-0.1, -0.05) is 53.7 Å². The predicted octanol–water partition coefficient (Wildman–Crippen LogP) is 4.47. The van der Waals surface area contributed by atoms with E-state index in [1.807, 2.05) is 72.4 Å². The minimum atomic E-state index is -3.82. The summed E-state index contributed by atoms with van der Waals surface area (Å²) in [5.74, 6) is 0. The normalized spacial score (nSPS) is 23.8. The largest absolute Gasteiger partial charge is 0.378 e. The van der Waals surface area contributed by atoms with E-state index < -0.39 is 21.1 Å². The number of rotatable bonds is 5. The van der Waals surface area contributed by atoms with Crippen molar-refractivity contribution in [1.29, 1.82) is 0 Å². The van der Waals surface area contributed by atoms with Gasteiger partial charge in [0.25, 0.3) is 10.1 Å². The summed E-state index contributed by atoms with van der Waals surface area (Å²) in [7, 11) is 0.115. The molecule has 0 amide bonds. The van der Waals surface area contributed by atoms with Crippen molar-refractivity contribution in [3.63, 3.8) is 0 Å². The summed E-state index contributed by atoms with van der Waals surface area (Å²) in [6.45, 7) is 1.36. The minimum Gasteiger partial charge on any atom is -0.378 e. The van der Waals surface area contributed by atoms with Gasteiger partial charge in [0.05, 0.1) is 11.5 Å². The van der Waals surface area contributed by atoms with Crippen LogP contribution in [0.5, 0.6) is 0 Å². The van der Waals surface area contributed by atoms with Crippen LogP contribution >= 0.6 is 23.4 Å². The zero-order valence-corrected chi connectivity index (χ0v) is 20.2. The quantitative estimate of drug-likeness (QED) is 0.589. The first-order chi connectivity index (χ1) is 14.7. The van der Waals surface area contributed by atoms with Gasteiger partial charge in [0.1, 0.15) is 0 Å². The van der Waals surface area contributed by atoms with Gasteiger partial charge in [-0.3, -0.25) is 4.99 Å². The number of hydrogen-bond acceptors (Lipinski definition) is 7. The van der Waals surface area contributed by atoms with E-state index in [2.05, 4.69) is 0 Å². The third kappa shape index (κ3) is 4.31. The molecule has 9 heteroatoms. The van der Waals surface area contributed by atoms with Crippen molar-refractivity contribution in [3.8, 4) is 0 Å². The van der Waals surface area contributed by atoms with Crippen LogP contribution in [0.15, 0.2) is 53.5 Å². The lowest BCUT2D eigenvalue weighted by molar-refractivity contribution is -0.0391. The first kappa shape index (κ1) is 22.5. The molecule has 2 atom stereocenters. The van der Waals surface area contributed by atoms with E-state index in [0.717, 1.165) is 41.1 Å². The molecule has 2 aliphatic rings. The number of halogens is 1. The number of thioether (sulfide) groups is 1. The molecule has 1 fully saturated rings. The van der Waals surface area contributed by atoms with Crippen LogP contribution in [0, 0.1) is 0 Å². The van der Waals surface area contributed by atoms with Crippen LogP contribution in [0.3, 0.4) is 0 Å². The molecule has 2 heterocycles. The van der Waals surface area contributed by atoms with Gasteiger partial charge in [-0.2, -0.15) is 8.42 Å². The Balaban J connectivity index is 1.97. The zero-order valence-electron chi connectivity index (χ0n) is 17.8. The monoisotopic (exact) mass is 479 g/mol. The average molecular weight is 480 g/mol. The Kier molecular flexibility index (Phi) is 6.27. The van der Waals surface area contributed by atoms with Gasteiger partial charge in [0.2, 0.25) is 5.72 Å². The molecule has 0 radical (unpaired) electrons. The van der Waals surface area contributed by atoms with Gasteiger partial charge in [-0.15, -0.1) is 0 Å². The summed E-state index contributed by atoms with van der Waals surface area (Å²) in [5, 5.41) is 0.963. The van der Waals surface area contributed by atoms with Crippen molar-refractivity contribution in [2.75, 3.05) is 38.3 Å². The van der Waals surface area contributed by atoms with E-state index in [4.69, 9.17) is 20.8 Å². The second kappa shape index (κ2) is 8.65. The molecule has 0 N–H and O–H groups in total. The summed E-state index contributed by atoms with van der Waals surface area (Å²) in [6, 6.07) is 15.4. The molecule has 0 spiro atoms. The van der Waals surface area contributed by atoms with Crippen molar-refractivity contribution in [2.45, 2.75) is 23.8 Å². The fourth-order valence-corrected chi connectivity index (χ4v) is 6.76. The van der Waals surface area contributed by atoms with Crippen LogP contribution in [0.2, 0.25) is 5.02 Å². The molecular weight excluding hydrogens is 454 g/mol. The number of nitrogens with zero attached hydrogens (tertiary/aromatic N) is 3. The number of benzene rings is 2. The highest BCUT2D eigenvalue weighted by atomic mass is 35.5. The third-order valence-corrected chi connectivity index (χ3v) is 7.78. The molecule has 0 aromatic heterocycles. The molecule has 0 aliphatic carbocycles. The lowest BCUT2D eigenvalue weighted by Gasteiger charge is -2.41. The highest BCUT2D eigenvalue weighted by molar-refractivity contribution is 8.14. The molecule has 31 heavy (non-hydrogen) atoms. The zero-order chi connectivity index (χ0) is 22.2. The number of fused-ring (bicyclic) bond motifs is 1. The fraction of sp³-hybridized carbons (Fsp3) is 0.409. The second-order valence-electron chi connectivity index (χ2n) is 7.97. The molecule has 4 rings (SSSR count). The van der Waals surface area contributed by atoms with Crippen LogP contribution in [-0.2, 0) is 20.0 Å². The molecule has 2 aromatic rings. The number of hydrogen-bond donors (Lipinski definition) is 0. The SMILES string of the molecule is CN(C)c1ccc(C2(OS(C)(=O)=O)C(c3ccccc3Cl)SC3=NCCCCN32)cc1. The van der Waals surface area contributed by atoms with Crippen molar-refractivity contribution in [1.82, 2.24) is 4.90 Å². The highest BCUT2D eigenvalue weighted by Gasteiger charge is 2.58. The Morgan fingerprint density at radius 2 is 1.87 bits per heavy atom. The summed E-state index contributed by atoms with van der Waals surface area (Å²) in [5.41, 5.74) is 1.32. The summed E-state index contributed by atoms with van der Waals surface area (Å²) >= 11 is 8.12. The molecule has 6 nitrogen and oxygen atoms in total. The molecule has 2 unspecified atom stereocenters. The lowest BCUT2D eigenvalue weighted by atomic mass is 9.92. The molecule has 2 aliphatic heterocycles. The fourth-order valence-electron chi connectivity index (χ4n) is 4.11. The number of amidine groups is 1. The van der Waals surface area contributed by atoms with Gasteiger partial charge < -0.3 is 9.80 Å². The van der Waals surface area contributed by atoms with Crippen molar-refractivity contribution in [2.24, 2.45) is 4.99 Å². The summed E-state index contributed by atoms with van der Waals surface area (Å²) < 4.78 is 31.3. The Labute approximate surface area is 193 Å². The Morgan fingerprint density at radius 3 is 2.52 bits per heavy atom. The Morgan fingerprint density at radius 1 is 1.16 bits per heavy atom. The van der Waals surface area contributed by atoms with E-state index in [9.17, 15) is 8.42 Å². The maximum absolute atomic E-state index is 12.6. The van der Waals surface area contributed by atoms with E-state index in [1.54, 1.807) is 0 Å². The first-order valence-electron chi connectivity index (χ1n) is 10.1. The maximum Gasteiger partial charge on any atom is 0.267 e. The van der Waals surface area contributed by atoms with Gasteiger partial charge in [-0.25, -0.2) is 4.18 Å². The van der Waals surface area contributed by atoms with Gasteiger partial charge in [0, 0.05) is 43.5 Å². The van der Waals surface area contributed by atoms with Crippen molar-refractivity contribution >= 4 is 44.3 Å². The van der Waals surface area contributed by atoms with Crippen molar-refractivity contribution < 1.29 is 12.6 Å². The van der Waals surface area contributed by atoms with E-state index in [-0.39, 0.29) is 0 Å². The molecule has 1 saturated heterocycles. The topological polar surface area (TPSA) is 62.2 Å². The Bertz CT molecular complexity index is 1090.